The molecule has 4 rings (SSSR count). The van der Waals surface area contributed by atoms with Crippen LogP contribution in [0.3, 0.4) is 0 Å². The van der Waals surface area contributed by atoms with E-state index < -0.39 is 0 Å². The van der Waals surface area contributed by atoms with Crippen LogP contribution in [-0.2, 0) is 24.9 Å². The maximum atomic E-state index is 3.75. The highest BCUT2D eigenvalue weighted by Gasteiger charge is 2.32. The molecule has 0 aliphatic carbocycles. The molecule has 2 aliphatic rings. The summed E-state index contributed by atoms with van der Waals surface area (Å²) in [6, 6.07) is 18.8. The van der Waals surface area contributed by atoms with Crippen molar-refractivity contribution in [1.29, 1.82) is 0 Å². The van der Waals surface area contributed by atoms with Gasteiger partial charge in [-0.2, -0.15) is 0 Å². The number of rotatable bonds is 2. The Labute approximate surface area is 172 Å². The van der Waals surface area contributed by atoms with Crippen molar-refractivity contribution < 1.29 is 0 Å². The Hall–Kier alpha value is -1.64. The molecule has 2 heterocycles. The van der Waals surface area contributed by atoms with Gasteiger partial charge in [0.25, 0.3) is 0 Å². The van der Waals surface area contributed by atoms with Crippen LogP contribution in [0.15, 0.2) is 48.5 Å². The van der Waals surface area contributed by atoms with E-state index in [1.165, 1.54) is 28.7 Å². The molecule has 0 radical (unpaired) electrons. The first kappa shape index (κ1) is 21.1. The molecular formula is C26H38N2. The largest absolute Gasteiger partial charge is 0.309 e. The van der Waals surface area contributed by atoms with Crippen molar-refractivity contribution in [2.24, 2.45) is 11.8 Å². The van der Waals surface area contributed by atoms with E-state index >= 15 is 0 Å². The van der Waals surface area contributed by atoms with E-state index in [4.69, 9.17) is 0 Å². The van der Waals surface area contributed by atoms with E-state index in [2.05, 4.69) is 101 Å². The summed E-state index contributed by atoms with van der Waals surface area (Å²) in [5.41, 5.74) is 6.09. The topological polar surface area (TPSA) is 24.1 Å². The molecule has 152 valence electrons. The Balaban J connectivity index is 0.000000162. The molecule has 0 saturated heterocycles. The summed E-state index contributed by atoms with van der Waals surface area (Å²) in [5, 5.41) is 7.32. The Morgan fingerprint density at radius 1 is 0.750 bits per heavy atom. The van der Waals surface area contributed by atoms with Crippen LogP contribution in [0.2, 0.25) is 0 Å². The van der Waals surface area contributed by atoms with E-state index in [1.807, 2.05) is 0 Å². The summed E-state index contributed by atoms with van der Waals surface area (Å²) in [5.74, 6) is 1.42. The van der Waals surface area contributed by atoms with Gasteiger partial charge in [-0.05, 0) is 60.8 Å². The van der Waals surface area contributed by atoms with Crippen molar-refractivity contribution in [3.63, 3.8) is 0 Å². The summed E-state index contributed by atoms with van der Waals surface area (Å²) in [6.07, 6.45) is 2.35. The van der Waals surface area contributed by atoms with E-state index in [0.29, 0.717) is 18.0 Å². The SMILES string of the molecule is CC(C)C1Cc2ccccc2C(C)(C)N1.CC(C)C1Cc2ccccc2CN1. The van der Waals surface area contributed by atoms with Crippen LogP contribution in [-0.4, -0.2) is 12.1 Å². The smallest absolute Gasteiger partial charge is 0.0382 e. The molecule has 2 heteroatoms. The Morgan fingerprint density at radius 2 is 1.29 bits per heavy atom. The standard InChI is InChI=1S/C14H21N.C12H17N/c1-10(2)13-9-11-7-5-6-8-12(11)14(3,4)15-13;1-9(2)12-7-10-5-3-4-6-11(10)8-13-12/h5-8,10,13,15H,9H2,1-4H3;3-6,9,12-13H,7-8H2,1-2H3. The van der Waals surface area contributed by atoms with Gasteiger partial charge in [0, 0.05) is 24.2 Å². The average molecular weight is 379 g/mol. The lowest BCUT2D eigenvalue weighted by Gasteiger charge is -2.40. The lowest BCUT2D eigenvalue weighted by atomic mass is 9.80. The molecule has 2 aliphatic heterocycles. The van der Waals surface area contributed by atoms with Crippen molar-refractivity contribution in [1.82, 2.24) is 10.6 Å². The van der Waals surface area contributed by atoms with Crippen LogP contribution < -0.4 is 10.6 Å². The van der Waals surface area contributed by atoms with E-state index in [0.717, 1.165) is 18.9 Å². The Kier molecular flexibility index (Phi) is 6.62. The molecule has 0 aromatic heterocycles. The quantitative estimate of drug-likeness (QED) is 0.726. The first-order chi connectivity index (χ1) is 13.3. The number of nitrogens with one attached hydrogen (secondary N) is 2. The van der Waals surface area contributed by atoms with Gasteiger partial charge in [-0.3, -0.25) is 0 Å². The molecule has 2 N–H and O–H groups in total. The van der Waals surface area contributed by atoms with Crippen LogP contribution >= 0.6 is 0 Å². The molecule has 2 nitrogen and oxygen atoms in total. The van der Waals surface area contributed by atoms with Crippen molar-refractivity contribution >= 4 is 0 Å². The predicted molar refractivity (Wildman–Crippen MR) is 121 cm³/mol. The molecule has 2 atom stereocenters. The second-order valence-corrected chi connectivity index (χ2v) is 9.69. The third kappa shape index (κ3) is 4.85. The average Bonchev–Trinajstić information content (AvgIpc) is 2.67. The third-order valence-electron chi connectivity index (χ3n) is 6.40. The Morgan fingerprint density at radius 3 is 1.93 bits per heavy atom. The molecule has 2 unspecified atom stereocenters. The molecule has 0 bridgehead atoms. The molecule has 28 heavy (non-hydrogen) atoms. The molecular weight excluding hydrogens is 340 g/mol. The lowest BCUT2D eigenvalue weighted by Crippen LogP contribution is -2.51. The number of hydrogen-bond acceptors (Lipinski definition) is 2. The monoisotopic (exact) mass is 378 g/mol. The highest BCUT2D eigenvalue weighted by molar-refractivity contribution is 5.36. The Bertz CT molecular complexity index is 776. The maximum absolute atomic E-state index is 3.75. The zero-order valence-electron chi connectivity index (χ0n) is 18.5. The van der Waals surface area contributed by atoms with Gasteiger partial charge < -0.3 is 10.6 Å². The highest BCUT2D eigenvalue weighted by atomic mass is 15.0. The summed E-state index contributed by atoms with van der Waals surface area (Å²) >= 11 is 0. The van der Waals surface area contributed by atoms with Gasteiger partial charge in [0.05, 0.1) is 0 Å². The second-order valence-electron chi connectivity index (χ2n) is 9.69. The maximum Gasteiger partial charge on any atom is 0.0382 e. The van der Waals surface area contributed by atoms with E-state index in [1.54, 1.807) is 0 Å². The molecule has 2 aromatic rings. The van der Waals surface area contributed by atoms with Crippen LogP contribution in [0.5, 0.6) is 0 Å². The van der Waals surface area contributed by atoms with Crippen molar-refractivity contribution in [3.8, 4) is 0 Å². The molecule has 0 amide bonds. The van der Waals surface area contributed by atoms with Gasteiger partial charge in [0.2, 0.25) is 0 Å². The molecule has 0 fully saturated rings. The van der Waals surface area contributed by atoms with Crippen molar-refractivity contribution in [2.75, 3.05) is 0 Å². The van der Waals surface area contributed by atoms with Crippen molar-refractivity contribution in [3.05, 3.63) is 70.8 Å². The van der Waals surface area contributed by atoms with Gasteiger partial charge in [0.1, 0.15) is 0 Å². The third-order valence-corrected chi connectivity index (χ3v) is 6.40. The number of fused-ring (bicyclic) bond motifs is 2. The minimum Gasteiger partial charge on any atom is -0.309 e. The van der Waals surface area contributed by atoms with E-state index in [-0.39, 0.29) is 5.54 Å². The first-order valence-electron chi connectivity index (χ1n) is 10.9. The number of benzene rings is 2. The number of hydrogen-bond donors (Lipinski definition) is 2. The normalized spacial score (nSPS) is 22.9. The van der Waals surface area contributed by atoms with Gasteiger partial charge in [-0.15, -0.1) is 0 Å². The van der Waals surface area contributed by atoms with Crippen LogP contribution in [0.25, 0.3) is 0 Å². The minimum atomic E-state index is 0.115. The fraction of sp³-hybridized carbons (Fsp3) is 0.538. The minimum absolute atomic E-state index is 0.115. The summed E-state index contributed by atoms with van der Waals surface area (Å²) in [6.45, 7) is 14.8. The molecule has 0 spiro atoms. The van der Waals surface area contributed by atoms with Gasteiger partial charge in [-0.1, -0.05) is 76.2 Å². The zero-order valence-corrected chi connectivity index (χ0v) is 18.5. The van der Waals surface area contributed by atoms with Gasteiger partial charge >= 0.3 is 0 Å². The summed E-state index contributed by atoms with van der Waals surface area (Å²) in [7, 11) is 0. The summed E-state index contributed by atoms with van der Waals surface area (Å²) in [4.78, 5) is 0. The zero-order chi connectivity index (χ0) is 20.3. The van der Waals surface area contributed by atoms with Crippen LogP contribution in [0, 0.1) is 11.8 Å². The lowest BCUT2D eigenvalue weighted by molar-refractivity contribution is 0.265. The van der Waals surface area contributed by atoms with E-state index in [9.17, 15) is 0 Å². The van der Waals surface area contributed by atoms with Crippen LogP contribution in [0.4, 0.5) is 0 Å². The fourth-order valence-corrected chi connectivity index (χ4v) is 4.49. The molecule has 2 aromatic carbocycles. The fourth-order valence-electron chi connectivity index (χ4n) is 4.49. The van der Waals surface area contributed by atoms with Gasteiger partial charge in [0.15, 0.2) is 0 Å². The highest BCUT2D eigenvalue weighted by Crippen LogP contribution is 2.31. The second kappa shape index (κ2) is 8.80. The predicted octanol–water partition coefficient (Wildman–Crippen LogP) is 5.45. The first-order valence-corrected chi connectivity index (χ1v) is 10.9. The molecule has 0 saturated carbocycles. The summed E-state index contributed by atoms with van der Waals surface area (Å²) < 4.78 is 0. The van der Waals surface area contributed by atoms with Crippen molar-refractivity contribution in [2.45, 2.75) is 78.6 Å². The van der Waals surface area contributed by atoms with Crippen LogP contribution in [0.1, 0.15) is 63.8 Å². The van der Waals surface area contributed by atoms with Gasteiger partial charge in [-0.25, -0.2) is 0 Å².